The lowest BCUT2D eigenvalue weighted by Crippen LogP contribution is -2.23. The van der Waals surface area contributed by atoms with Gasteiger partial charge in [-0.3, -0.25) is 4.57 Å². The lowest BCUT2D eigenvalue weighted by Gasteiger charge is -2.19. The summed E-state index contributed by atoms with van der Waals surface area (Å²) in [6.45, 7) is 3.84. The first kappa shape index (κ1) is 15.6. The highest BCUT2D eigenvalue weighted by Crippen LogP contribution is 2.28. The van der Waals surface area contributed by atoms with Crippen LogP contribution in [0.2, 0.25) is 0 Å². The van der Waals surface area contributed by atoms with E-state index < -0.39 is 23.6 Å². The second-order valence-electron chi connectivity index (χ2n) is 5.23. The molecule has 1 atom stereocenters. The van der Waals surface area contributed by atoms with Crippen LogP contribution < -0.4 is 0 Å². The second-order valence-corrected chi connectivity index (χ2v) is 5.61. The van der Waals surface area contributed by atoms with Gasteiger partial charge in [0, 0.05) is 0 Å². The van der Waals surface area contributed by atoms with Crippen LogP contribution in [0.4, 0.5) is 8.78 Å². The van der Waals surface area contributed by atoms with Crippen LogP contribution in [-0.4, -0.2) is 22.6 Å². The normalized spacial score (nSPS) is 12.9. The zero-order chi connectivity index (χ0) is 15.7. The smallest absolute Gasteiger partial charge is 0.328 e. The summed E-state index contributed by atoms with van der Waals surface area (Å²) >= 11 is 5.16. The van der Waals surface area contributed by atoms with Crippen molar-refractivity contribution in [2.45, 2.75) is 26.3 Å². The van der Waals surface area contributed by atoms with E-state index in [1.165, 1.54) is 17.7 Å². The summed E-state index contributed by atoms with van der Waals surface area (Å²) in [4.78, 5) is 14.8. The molecular weight excluding hydrogens is 298 g/mol. The molecule has 2 rings (SSSR count). The lowest BCUT2D eigenvalue weighted by atomic mass is 10.0. The summed E-state index contributed by atoms with van der Waals surface area (Å²) < 4.78 is 33.9. The number of imidazole rings is 1. The minimum absolute atomic E-state index is 0.0453. The van der Waals surface area contributed by atoms with Crippen LogP contribution in [0.3, 0.4) is 0 Å². The molecule has 0 bridgehead atoms. The fraction of sp³-hybridized carbons (Fsp3) is 0.429. The third kappa shape index (κ3) is 2.83. The Bertz CT molecular complexity index is 736. The Morgan fingerprint density at radius 3 is 2.67 bits per heavy atom. The molecule has 0 aliphatic carbocycles. The predicted molar refractivity (Wildman–Crippen MR) is 77.5 cm³/mol. The molecule has 0 radical (unpaired) electrons. The van der Waals surface area contributed by atoms with Gasteiger partial charge in [0.2, 0.25) is 0 Å². The molecule has 1 heterocycles. The number of carbonyl (C=O) groups excluding carboxylic acids is 1. The van der Waals surface area contributed by atoms with Crippen LogP contribution in [0.15, 0.2) is 12.1 Å². The average molecular weight is 314 g/mol. The van der Waals surface area contributed by atoms with Crippen molar-refractivity contribution in [3.05, 3.63) is 28.5 Å². The van der Waals surface area contributed by atoms with Crippen molar-refractivity contribution in [1.29, 1.82) is 0 Å². The molecule has 1 unspecified atom stereocenters. The number of halogens is 2. The first-order valence-electron chi connectivity index (χ1n) is 6.52. The molecule has 114 valence electrons. The Labute approximate surface area is 125 Å². The van der Waals surface area contributed by atoms with Gasteiger partial charge in [0.25, 0.3) is 0 Å². The molecular formula is C14H16F2N2O2S. The fourth-order valence-electron chi connectivity index (χ4n) is 2.34. The van der Waals surface area contributed by atoms with E-state index in [1.54, 1.807) is 0 Å². The molecule has 0 spiro atoms. The maximum Gasteiger partial charge on any atom is 0.328 e. The van der Waals surface area contributed by atoms with Crippen molar-refractivity contribution in [3.63, 3.8) is 0 Å². The largest absolute Gasteiger partial charge is 0.467 e. The van der Waals surface area contributed by atoms with Gasteiger partial charge >= 0.3 is 5.97 Å². The van der Waals surface area contributed by atoms with Crippen molar-refractivity contribution in [2.75, 3.05) is 7.11 Å². The van der Waals surface area contributed by atoms with Gasteiger partial charge in [-0.2, -0.15) is 0 Å². The number of hydrogen-bond acceptors (Lipinski definition) is 3. The molecule has 0 fully saturated rings. The second kappa shape index (κ2) is 5.93. The number of carbonyl (C=O) groups is 1. The Kier molecular flexibility index (Phi) is 4.41. The van der Waals surface area contributed by atoms with Crippen LogP contribution in [-0.2, 0) is 9.53 Å². The molecule has 21 heavy (non-hydrogen) atoms. The van der Waals surface area contributed by atoms with Gasteiger partial charge < -0.3 is 9.72 Å². The first-order chi connectivity index (χ1) is 9.86. The SMILES string of the molecule is COC(=O)C(CC(C)C)n1c(=S)[nH]c2ccc(F)c(F)c21. The van der Waals surface area contributed by atoms with E-state index in [0.717, 1.165) is 6.07 Å². The quantitative estimate of drug-likeness (QED) is 0.691. The highest BCUT2D eigenvalue weighted by molar-refractivity contribution is 7.71. The predicted octanol–water partition coefficient (Wildman–Crippen LogP) is 3.74. The van der Waals surface area contributed by atoms with Gasteiger partial charge in [0.15, 0.2) is 16.4 Å². The van der Waals surface area contributed by atoms with Crippen molar-refractivity contribution >= 4 is 29.2 Å². The van der Waals surface area contributed by atoms with Crippen LogP contribution in [0.5, 0.6) is 0 Å². The summed E-state index contributed by atoms with van der Waals surface area (Å²) in [5.74, 6) is -2.40. The fourth-order valence-corrected chi connectivity index (χ4v) is 2.67. The summed E-state index contributed by atoms with van der Waals surface area (Å²) in [5.41, 5.74) is 0.299. The minimum atomic E-state index is -1.03. The summed E-state index contributed by atoms with van der Waals surface area (Å²) in [7, 11) is 1.26. The van der Waals surface area contributed by atoms with Crippen LogP contribution in [0.1, 0.15) is 26.3 Å². The Morgan fingerprint density at radius 2 is 2.10 bits per heavy atom. The minimum Gasteiger partial charge on any atom is -0.467 e. The summed E-state index contributed by atoms with van der Waals surface area (Å²) in [6, 6.07) is 1.61. The lowest BCUT2D eigenvalue weighted by molar-refractivity contribution is -0.145. The standard InChI is InChI=1S/C14H16F2N2O2S/c1-7(2)6-10(13(19)20-3)18-12-9(17-14(18)21)5-4-8(15)11(12)16/h4-5,7,10H,6H2,1-3H3,(H,17,21). The third-order valence-corrected chi connectivity index (χ3v) is 3.55. The van der Waals surface area contributed by atoms with Gasteiger partial charge in [-0.15, -0.1) is 0 Å². The van der Waals surface area contributed by atoms with E-state index in [0.29, 0.717) is 11.9 Å². The number of fused-ring (bicyclic) bond motifs is 1. The molecule has 0 saturated heterocycles. The molecule has 2 aromatic rings. The number of nitrogens with one attached hydrogen (secondary N) is 1. The van der Waals surface area contributed by atoms with Crippen LogP contribution in [0.25, 0.3) is 11.0 Å². The number of rotatable bonds is 4. The Morgan fingerprint density at radius 1 is 1.43 bits per heavy atom. The maximum absolute atomic E-state index is 14.1. The van der Waals surface area contributed by atoms with E-state index in [9.17, 15) is 13.6 Å². The molecule has 7 heteroatoms. The Balaban J connectivity index is 2.72. The summed E-state index contributed by atoms with van der Waals surface area (Å²) in [6.07, 6.45) is 0.407. The highest BCUT2D eigenvalue weighted by atomic mass is 32.1. The molecule has 1 aromatic carbocycles. The third-order valence-electron chi connectivity index (χ3n) is 3.25. The molecule has 1 aromatic heterocycles. The van der Waals surface area contributed by atoms with Crippen LogP contribution >= 0.6 is 12.2 Å². The van der Waals surface area contributed by atoms with Gasteiger partial charge in [0.1, 0.15) is 11.6 Å². The number of methoxy groups -OCH3 is 1. The van der Waals surface area contributed by atoms with Crippen molar-refractivity contribution in [1.82, 2.24) is 9.55 Å². The zero-order valence-electron chi connectivity index (χ0n) is 11.9. The number of hydrogen-bond donors (Lipinski definition) is 1. The van der Waals surface area contributed by atoms with Gasteiger partial charge in [-0.05, 0) is 36.7 Å². The molecule has 0 aliphatic heterocycles. The molecule has 0 amide bonds. The van der Waals surface area contributed by atoms with Crippen molar-refractivity contribution < 1.29 is 18.3 Å². The highest BCUT2D eigenvalue weighted by Gasteiger charge is 2.27. The van der Waals surface area contributed by atoms with Gasteiger partial charge in [-0.25, -0.2) is 13.6 Å². The summed E-state index contributed by atoms with van der Waals surface area (Å²) in [5, 5.41) is 0. The number of benzene rings is 1. The number of esters is 1. The number of H-pyrrole nitrogens is 1. The topological polar surface area (TPSA) is 47.0 Å². The maximum atomic E-state index is 14.1. The zero-order valence-corrected chi connectivity index (χ0v) is 12.8. The van der Waals surface area contributed by atoms with E-state index in [-0.39, 0.29) is 16.2 Å². The van der Waals surface area contributed by atoms with E-state index in [1.807, 2.05) is 13.8 Å². The van der Waals surface area contributed by atoms with Gasteiger partial charge in [0.05, 0.1) is 12.6 Å². The number of aromatic nitrogens is 2. The average Bonchev–Trinajstić information content (AvgIpc) is 2.76. The van der Waals surface area contributed by atoms with Gasteiger partial charge in [-0.1, -0.05) is 13.8 Å². The van der Waals surface area contributed by atoms with Crippen LogP contribution in [0, 0.1) is 22.3 Å². The molecule has 4 nitrogen and oxygen atoms in total. The number of nitrogens with zero attached hydrogens (tertiary/aromatic N) is 1. The van der Waals surface area contributed by atoms with Crippen molar-refractivity contribution in [2.24, 2.45) is 5.92 Å². The Hall–Kier alpha value is -1.76. The van der Waals surface area contributed by atoms with E-state index in [2.05, 4.69) is 4.98 Å². The van der Waals surface area contributed by atoms with E-state index in [4.69, 9.17) is 17.0 Å². The first-order valence-corrected chi connectivity index (χ1v) is 6.93. The monoisotopic (exact) mass is 314 g/mol. The molecule has 0 aliphatic rings. The van der Waals surface area contributed by atoms with Crippen molar-refractivity contribution in [3.8, 4) is 0 Å². The number of ether oxygens (including phenoxy) is 1. The molecule has 1 N–H and O–H groups in total. The number of aromatic amines is 1. The van der Waals surface area contributed by atoms with E-state index >= 15 is 0 Å². The molecule has 0 saturated carbocycles.